The standard InChI is InChI=1S/C29H42N6O3/c1-20-17-37-15-14-35(20)27-24-16-34(23-18-38-19-23)13-10-25(24)32-26(33-27)21-6-8-22(9-7-21)31-28(36)30-12-5-11-29(2,3)4/h6-9,20,23H,5,10-19H2,1-4H3,(H2,30,31,36). The molecule has 0 saturated carbocycles. The molecule has 9 heteroatoms. The molecule has 0 radical (unpaired) electrons. The summed E-state index contributed by atoms with van der Waals surface area (Å²) in [6, 6.07) is 8.39. The Hall–Kier alpha value is -2.75. The van der Waals surface area contributed by atoms with Gasteiger partial charge in [0.05, 0.1) is 44.2 Å². The van der Waals surface area contributed by atoms with E-state index in [-0.39, 0.29) is 17.5 Å². The van der Waals surface area contributed by atoms with Gasteiger partial charge >= 0.3 is 6.03 Å². The van der Waals surface area contributed by atoms with Crippen molar-refractivity contribution in [3.05, 3.63) is 35.5 Å². The first-order valence-electron chi connectivity index (χ1n) is 14.0. The molecule has 38 heavy (non-hydrogen) atoms. The lowest BCUT2D eigenvalue weighted by Gasteiger charge is -2.42. The minimum Gasteiger partial charge on any atom is -0.378 e. The number of carbonyl (C=O) groups is 1. The number of carbonyl (C=O) groups excluding carboxylic acids is 1. The molecular formula is C29H42N6O3. The summed E-state index contributed by atoms with van der Waals surface area (Å²) in [5, 5.41) is 5.88. The van der Waals surface area contributed by atoms with Crippen LogP contribution >= 0.6 is 0 Å². The Morgan fingerprint density at radius 1 is 1.08 bits per heavy atom. The van der Waals surface area contributed by atoms with Gasteiger partial charge in [0.15, 0.2) is 5.82 Å². The number of ether oxygens (including phenoxy) is 2. The zero-order chi connectivity index (χ0) is 26.7. The lowest BCUT2D eigenvalue weighted by molar-refractivity contribution is -0.0696. The molecule has 2 saturated heterocycles. The van der Waals surface area contributed by atoms with Gasteiger partial charge < -0.3 is 25.0 Å². The van der Waals surface area contributed by atoms with Crippen LogP contribution in [0.1, 0.15) is 51.8 Å². The fourth-order valence-corrected chi connectivity index (χ4v) is 5.27. The molecule has 3 aliphatic heterocycles. The second-order valence-corrected chi connectivity index (χ2v) is 11.9. The van der Waals surface area contributed by atoms with Gasteiger partial charge in [0.1, 0.15) is 5.82 Å². The predicted molar refractivity (Wildman–Crippen MR) is 150 cm³/mol. The van der Waals surface area contributed by atoms with E-state index in [1.807, 2.05) is 24.3 Å². The molecule has 0 aliphatic carbocycles. The normalized spacial score (nSPS) is 20.5. The van der Waals surface area contributed by atoms with Gasteiger partial charge in [0.25, 0.3) is 0 Å². The van der Waals surface area contributed by atoms with Gasteiger partial charge in [-0.1, -0.05) is 20.8 Å². The minimum atomic E-state index is -0.179. The van der Waals surface area contributed by atoms with E-state index in [2.05, 4.69) is 48.1 Å². The molecular weight excluding hydrogens is 480 g/mol. The van der Waals surface area contributed by atoms with Crippen LogP contribution in [0.3, 0.4) is 0 Å². The number of amides is 2. The molecule has 2 N–H and O–H groups in total. The van der Waals surface area contributed by atoms with Crippen LogP contribution in [-0.4, -0.2) is 79.0 Å². The number of hydrogen-bond acceptors (Lipinski definition) is 7. The summed E-state index contributed by atoms with van der Waals surface area (Å²) in [5.41, 5.74) is 4.34. The minimum absolute atomic E-state index is 0.179. The van der Waals surface area contributed by atoms with E-state index < -0.39 is 0 Å². The van der Waals surface area contributed by atoms with Crippen molar-refractivity contribution in [2.45, 2.75) is 65.6 Å². The molecule has 0 spiro atoms. The molecule has 1 aromatic carbocycles. The summed E-state index contributed by atoms with van der Waals surface area (Å²) in [5.74, 6) is 1.76. The summed E-state index contributed by atoms with van der Waals surface area (Å²) < 4.78 is 11.2. The highest BCUT2D eigenvalue weighted by atomic mass is 16.5. The number of nitrogens with one attached hydrogen (secondary N) is 2. The third-order valence-electron chi connectivity index (χ3n) is 7.63. The smallest absolute Gasteiger partial charge is 0.319 e. The third kappa shape index (κ3) is 6.45. The molecule has 206 valence electrons. The van der Waals surface area contributed by atoms with Crippen molar-refractivity contribution in [1.29, 1.82) is 0 Å². The van der Waals surface area contributed by atoms with Crippen molar-refractivity contribution < 1.29 is 14.3 Å². The summed E-state index contributed by atoms with van der Waals surface area (Å²) in [6.45, 7) is 15.2. The van der Waals surface area contributed by atoms with Crippen LogP contribution in [0.15, 0.2) is 24.3 Å². The second-order valence-electron chi connectivity index (χ2n) is 11.9. The summed E-state index contributed by atoms with van der Waals surface area (Å²) in [7, 11) is 0. The topological polar surface area (TPSA) is 91.8 Å². The van der Waals surface area contributed by atoms with Crippen molar-refractivity contribution >= 4 is 17.5 Å². The van der Waals surface area contributed by atoms with Crippen LogP contribution < -0.4 is 15.5 Å². The molecule has 1 aromatic heterocycles. The van der Waals surface area contributed by atoms with Gasteiger partial charge in [0, 0.05) is 49.4 Å². The van der Waals surface area contributed by atoms with Crippen LogP contribution in [0, 0.1) is 5.41 Å². The van der Waals surface area contributed by atoms with Crippen LogP contribution in [0.2, 0.25) is 0 Å². The Labute approximate surface area is 226 Å². The van der Waals surface area contributed by atoms with Gasteiger partial charge in [-0.05, 0) is 49.4 Å². The number of anilines is 2. The van der Waals surface area contributed by atoms with Crippen molar-refractivity contribution in [1.82, 2.24) is 20.2 Å². The number of rotatable bonds is 7. The Kier molecular flexibility index (Phi) is 8.16. The lowest BCUT2D eigenvalue weighted by Crippen LogP contribution is -2.51. The lowest BCUT2D eigenvalue weighted by atomic mass is 9.91. The summed E-state index contributed by atoms with van der Waals surface area (Å²) >= 11 is 0. The molecule has 1 atom stereocenters. The highest BCUT2D eigenvalue weighted by Gasteiger charge is 2.33. The fraction of sp³-hybridized carbons (Fsp3) is 0.621. The van der Waals surface area contributed by atoms with E-state index in [1.165, 1.54) is 5.56 Å². The molecule has 4 heterocycles. The number of benzene rings is 1. The Morgan fingerprint density at radius 2 is 1.87 bits per heavy atom. The molecule has 5 rings (SSSR count). The van der Waals surface area contributed by atoms with Crippen LogP contribution in [0.4, 0.5) is 16.3 Å². The molecule has 9 nitrogen and oxygen atoms in total. The highest BCUT2D eigenvalue weighted by molar-refractivity contribution is 5.89. The zero-order valence-electron chi connectivity index (χ0n) is 23.3. The Bertz CT molecular complexity index is 1110. The fourth-order valence-electron chi connectivity index (χ4n) is 5.27. The van der Waals surface area contributed by atoms with E-state index in [9.17, 15) is 4.79 Å². The van der Waals surface area contributed by atoms with Crippen LogP contribution in [-0.2, 0) is 22.4 Å². The van der Waals surface area contributed by atoms with Gasteiger partial charge in [-0.3, -0.25) is 4.90 Å². The van der Waals surface area contributed by atoms with Gasteiger partial charge in [0.2, 0.25) is 0 Å². The third-order valence-corrected chi connectivity index (χ3v) is 7.63. The van der Waals surface area contributed by atoms with Gasteiger partial charge in [-0.15, -0.1) is 0 Å². The van der Waals surface area contributed by atoms with Crippen molar-refractivity contribution in [3.63, 3.8) is 0 Å². The number of hydrogen-bond donors (Lipinski definition) is 2. The average Bonchev–Trinajstić information content (AvgIpc) is 2.85. The molecule has 2 amide bonds. The number of fused-ring (bicyclic) bond motifs is 1. The number of nitrogens with zero attached hydrogens (tertiary/aromatic N) is 4. The van der Waals surface area contributed by atoms with E-state index in [0.29, 0.717) is 25.8 Å². The summed E-state index contributed by atoms with van der Waals surface area (Å²) in [4.78, 5) is 27.4. The number of morpholine rings is 1. The molecule has 1 unspecified atom stereocenters. The van der Waals surface area contributed by atoms with Crippen LogP contribution in [0.5, 0.6) is 0 Å². The van der Waals surface area contributed by atoms with E-state index in [4.69, 9.17) is 19.4 Å². The first-order chi connectivity index (χ1) is 18.3. The maximum Gasteiger partial charge on any atom is 0.319 e. The molecule has 2 fully saturated rings. The zero-order valence-corrected chi connectivity index (χ0v) is 23.3. The Balaban J connectivity index is 1.31. The predicted octanol–water partition coefficient (Wildman–Crippen LogP) is 4.07. The van der Waals surface area contributed by atoms with Gasteiger partial charge in [-0.2, -0.15) is 0 Å². The van der Waals surface area contributed by atoms with Gasteiger partial charge in [-0.25, -0.2) is 14.8 Å². The first kappa shape index (κ1) is 26.8. The quantitative estimate of drug-likeness (QED) is 0.530. The SMILES string of the molecule is CC1COCCN1c1nc(-c2ccc(NC(=O)NCCCC(C)(C)C)cc2)nc2c1CN(C1COC1)CC2. The van der Waals surface area contributed by atoms with E-state index in [0.717, 1.165) is 80.7 Å². The van der Waals surface area contributed by atoms with Crippen molar-refractivity contribution in [2.24, 2.45) is 5.41 Å². The summed E-state index contributed by atoms with van der Waals surface area (Å²) in [6.07, 6.45) is 2.94. The monoisotopic (exact) mass is 522 g/mol. The van der Waals surface area contributed by atoms with E-state index >= 15 is 0 Å². The largest absolute Gasteiger partial charge is 0.378 e. The van der Waals surface area contributed by atoms with Crippen molar-refractivity contribution in [2.75, 3.05) is 56.3 Å². The maximum absolute atomic E-state index is 12.3. The first-order valence-corrected chi connectivity index (χ1v) is 14.0. The maximum atomic E-state index is 12.3. The van der Waals surface area contributed by atoms with E-state index in [1.54, 1.807) is 0 Å². The molecule has 0 bridgehead atoms. The van der Waals surface area contributed by atoms with Crippen molar-refractivity contribution in [3.8, 4) is 11.4 Å². The Morgan fingerprint density at radius 3 is 2.55 bits per heavy atom. The second kappa shape index (κ2) is 11.6. The highest BCUT2D eigenvalue weighted by Crippen LogP contribution is 2.33. The molecule has 3 aliphatic rings. The average molecular weight is 523 g/mol. The number of aromatic nitrogens is 2. The number of urea groups is 1. The van der Waals surface area contributed by atoms with Crippen LogP contribution in [0.25, 0.3) is 11.4 Å². The molecule has 2 aromatic rings.